The van der Waals surface area contributed by atoms with E-state index in [1.807, 2.05) is 0 Å². The third-order valence-corrected chi connectivity index (χ3v) is 2.73. The Labute approximate surface area is 114 Å². The van der Waals surface area contributed by atoms with Crippen LogP contribution in [0, 0.1) is 0 Å². The summed E-state index contributed by atoms with van der Waals surface area (Å²) in [6, 6.07) is 5.07. The molecule has 1 heterocycles. The Hall–Kier alpha value is -1.99. The number of tetrazole rings is 1. The van der Waals surface area contributed by atoms with Crippen molar-refractivity contribution < 1.29 is 9.90 Å². The van der Waals surface area contributed by atoms with E-state index >= 15 is 0 Å². The Kier molecular flexibility index (Phi) is 4.43. The van der Waals surface area contributed by atoms with Crippen molar-refractivity contribution in [3.8, 4) is 5.69 Å². The lowest BCUT2D eigenvalue weighted by molar-refractivity contribution is -0.116. The van der Waals surface area contributed by atoms with Gasteiger partial charge in [-0.05, 0) is 35.0 Å². The molecular weight excluding hydrogens is 270 g/mol. The van der Waals surface area contributed by atoms with E-state index in [-0.39, 0.29) is 18.9 Å². The number of rotatable bonds is 5. The third kappa shape index (κ3) is 3.49. The summed E-state index contributed by atoms with van der Waals surface area (Å²) in [7, 11) is 0. The second-order valence-electron chi connectivity index (χ2n) is 3.79. The molecule has 1 aromatic carbocycles. The zero-order chi connectivity index (χ0) is 13.7. The highest BCUT2D eigenvalue weighted by Gasteiger charge is 2.08. The fraction of sp³-hybridized carbons (Fsp3) is 0.273. The van der Waals surface area contributed by atoms with E-state index in [1.165, 1.54) is 11.0 Å². The maximum Gasteiger partial charge on any atom is 0.224 e. The van der Waals surface area contributed by atoms with E-state index in [1.54, 1.807) is 18.2 Å². The molecule has 7 nitrogen and oxygen atoms in total. The highest BCUT2D eigenvalue weighted by atomic mass is 35.5. The maximum atomic E-state index is 11.6. The van der Waals surface area contributed by atoms with Gasteiger partial charge >= 0.3 is 0 Å². The molecule has 0 aliphatic heterocycles. The van der Waals surface area contributed by atoms with Crippen molar-refractivity contribution in [3.05, 3.63) is 29.5 Å². The quantitative estimate of drug-likeness (QED) is 0.854. The standard InChI is InChI=1S/C11H12ClN5O2/c12-9-4-3-8(17-7-13-15-16-17)6-10(9)14-11(19)2-1-5-18/h3-4,6-7,18H,1-2,5H2,(H,14,19). The Bertz CT molecular complexity index is 558. The van der Waals surface area contributed by atoms with E-state index < -0.39 is 0 Å². The van der Waals surface area contributed by atoms with Gasteiger partial charge < -0.3 is 10.4 Å². The van der Waals surface area contributed by atoms with Gasteiger partial charge in [0, 0.05) is 13.0 Å². The van der Waals surface area contributed by atoms with Crippen LogP contribution in [-0.2, 0) is 4.79 Å². The number of carbonyl (C=O) groups excluding carboxylic acids is 1. The predicted molar refractivity (Wildman–Crippen MR) is 69.1 cm³/mol. The van der Waals surface area contributed by atoms with Gasteiger partial charge in [0.25, 0.3) is 0 Å². The number of nitrogens with one attached hydrogen (secondary N) is 1. The van der Waals surface area contributed by atoms with Gasteiger partial charge in [0.05, 0.1) is 16.4 Å². The summed E-state index contributed by atoms with van der Waals surface area (Å²) in [4.78, 5) is 11.6. The predicted octanol–water partition coefficient (Wildman–Crippen LogP) is 1.03. The van der Waals surface area contributed by atoms with Crippen molar-refractivity contribution in [1.82, 2.24) is 20.2 Å². The van der Waals surface area contributed by atoms with Gasteiger partial charge in [0.15, 0.2) is 0 Å². The number of aliphatic hydroxyl groups excluding tert-OH is 1. The lowest BCUT2D eigenvalue weighted by Gasteiger charge is -2.08. The molecule has 100 valence electrons. The Morgan fingerprint density at radius 1 is 1.47 bits per heavy atom. The molecule has 8 heteroatoms. The summed E-state index contributed by atoms with van der Waals surface area (Å²) >= 11 is 6.01. The molecule has 0 fully saturated rings. The number of hydrogen-bond donors (Lipinski definition) is 2. The zero-order valence-corrected chi connectivity index (χ0v) is 10.7. The highest BCUT2D eigenvalue weighted by Crippen LogP contribution is 2.24. The Morgan fingerprint density at radius 3 is 3.00 bits per heavy atom. The number of nitrogens with zero attached hydrogens (tertiary/aromatic N) is 4. The minimum atomic E-state index is -0.204. The summed E-state index contributed by atoms with van der Waals surface area (Å²) in [6.07, 6.45) is 2.10. The van der Waals surface area contributed by atoms with Crippen molar-refractivity contribution in [2.45, 2.75) is 12.8 Å². The minimum absolute atomic E-state index is 0.0220. The van der Waals surface area contributed by atoms with Crippen LogP contribution < -0.4 is 5.32 Å². The summed E-state index contributed by atoms with van der Waals surface area (Å²) in [6.45, 7) is -0.0220. The number of aliphatic hydroxyl groups is 1. The smallest absolute Gasteiger partial charge is 0.224 e. The molecular formula is C11H12ClN5O2. The van der Waals surface area contributed by atoms with E-state index in [2.05, 4.69) is 20.8 Å². The maximum absolute atomic E-state index is 11.6. The van der Waals surface area contributed by atoms with Crippen LogP contribution in [0.4, 0.5) is 5.69 Å². The van der Waals surface area contributed by atoms with Crippen LogP contribution in [0.25, 0.3) is 5.69 Å². The topological polar surface area (TPSA) is 92.9 Å². The fourth-order valence-corrected chi connectivity index (χ4v) is 1.65. The molecule has 0 radical (unpaired) electrons. The molecule has 0 aliphatic carbocycles. The van der Waals surface area contributed by atoms with E-state index in [0.717, 1.165) is 0 Å². The number of carbonyl (C=O) groups is 1. The van der Waals surface area contributed by atoms with Gasteiger partial charge in [-0.1, -0.05) is 11.6 Å². The monoisotopic (exact) mass is 281 g/mol. The van der Waals surface area contributed by atoms with Gasteiger partial charge in [0.2, 0.25) is 5.91 Å². The second kappa shape index (κ2) is 6.26. The molecule has 0 atom stereocenters. The molecule has 2 aromatic rings. The molecule has 2 N–H and O–H groups in total. The van der Waals surface area contributed by atoms with Crippen molar-refractivity contribution in [2.75, 3.05) is 11.9 Å². The lowest BCUT2D eigenvalue weighted by Crippen LogP contribution is -2.12. The number of hydrogen-bond acceptors (Lipinski definition) is 5. The molecule has 0 aliphatic rings. The average Bonchev–Trinajstić information content (AvgIpc) is 2.93. The van der Waals surface area contributed by atoms with Crippen LogP contribution >= 0.6 is 11.6 Å². The van der Waals surface area contributed by atoms with E-state index in [4.69, 9.17) is 16.7 Å². The summed E-state index contributed by atoms with van der Waals surface area (Å²) in [5, 5.41) is 22.6. The molecule has 1 amide bonds. The van der Waals surface area contributed by atoms with Crippen molar-refractivity contribution in [3.63, 3.8) is 0 Å². The molecule has 0 saturated heterocycles. The number of halogens is 1. The normalized spacial score (nSPS) is 10.4. The SMILES string of the molecule is O=C(CCCO)Nc1cc(-n2cnnn2)ccc1Cl. The zero-order valence-electron chi connectivity index (χ0n) is 9.95. The summed E-state index contributed by atoms with van der Waals surface area (Å²) in [5.74, 6) is -0.204. The van der Waals surface area contributed by atoms with Gasteiger partial charge in [0.1, 0.15) is 6.33 Å². The molecule has 0 spiro atoms. The van der Waals surface area contributed by atoms with Crippen LogP contribution in [0.3, 0.4) is 0 Å². The first-order chi connectivity index (χ1) is 9.20. The molecule has 19 heavy (non-hydrogen) atoms. The van der Waals surface area contributed by atoms with Crippen molar-refractivity contribution >= 4 is 23.2 Å². The van der Waals surface area contributed by atoms with Crippen LogP contribution in [-0.4, -0.2) is 37.8 Å². The van der Waals surface area contributed by atoms with E-state index in [9.17, 15) is 4.79 Å². The van der Waals surface area contributed by atoms with Gasteiger partial charge in [-0.25, -0.2) is 4.68 Å². The number of amides is 1. The van der Waals surface area contributed by atoms with Crippen LogP contribution in [0.2, 0.25) is 5.02 Å². The first kappa shape index (κ1) is 13.4. The molecule has 2 rings (SSSR count). The second-order valence-corrected chi connectivity index (χ2v) is 4.20. The van der Waals surface area contributed by atoms with Gasteiger partial charge in [-0.15, -0.1) is 5.10 Å². The Balaban J connectivity index is 2.16. The third-order valence-electron chi connectivity index (χ3n) is 2.40. The minimum Gasteiger partial charge on any atom is -0.396 e. The number of aromatic nitrogens is 4. The molecule has 1 aromatic heterocycles. The van der Waals surface area contributed by atoms with Gasteiger partial charge in [-0.3, -0.25) is 4.79 Å². The first-order valence-corrected chi connectivity index (χ1v) is 6.02. The van der Waals surface area contributed by atoms with Crippen LogP contribution in [0.1, 0.15) is 12.8 Å². The number of anilines is 1. The fourth-order valence-electron chi connectivity index (χ4n) is 1.48. The molecule has 0 saturated carbocycles. The average molecular weight is 282 g/mol. The first-order valence-electron chi connectivity index (χ1n) is 5.64. The van der Waals surface area contributed by atoms with Gasteiger partial charge in [-0.2, -0.15) is 0 Å². The number of benzene rings is 1. The molecule has 0 bridgehead atoms. The summed E-state index contributed by atoms with van der Waals surface area (Å²) < 4.78 is 1.46. The van der Waals surface area contributed by atoms with Crippen molar-refractivity contribution in [2.24, 2.45) is 0 Å². The summed E-state index contributed by atoms with van der Waals surface area (Å²) in [5.41, 5.74) is 1.17. The van der Waals surface area contributed by atoms with Crippen molar-refractivity contribution in [1.29, 1.82) is 0 Å². The Morgan fingerprint density at radius 2 is 2.32 bits per heavy atom. The largest absolute Gasteiger partial charge is 0.396 e. The lowest BCUT2D eigenvalue weighted by atomic mass is 10.2. The van der Waals surface area contributed by atoms with Crippen LogP contribution in [0.5, 0.6) is 0 Å². The highest BCUT2D eigenvalue weighted by molar-refractivity contribution is 6.33. The van der Waals surface area contributed by atoms with Crippen LogP contribution in [0.15, 0.2) is 24.5 Å². The molecule has 0 unspecified atom stereocenters. The van der Waals surface area contributed by atoms with E-state index in [0.29, 0.717) is 22.8 Å².